The van der Waals surface area contributed by atoms with Gasteiger partial charge < -0.3 is 19.5 Å². The average Bonchev–Trinajstić information content (AvgIpc) is 3.05. The van der Waals surface area contributed by atoms with E-state index in [1.807, 2.05) is 0 Å². The van der Waals surface area contributed by atoms with Crippen LogP contribution in [0, 0.1) is 0 Å². The van der Waals surface area contributed by atoms with Crippen molar-refractivity contribution in [2.45, 2.75) is 63.3 Å². The molecule has 0 unspecified atom stereocenters. The molecular weight excluding hydrogens is 316 g/mol. The third-order valence-electron chi connectivity index (χ3n) is 6.41. The fourth-order valence-electron chi connectivity index (χ4n) is 4.25. The van der Waals surface area contributed by atoms with Gasteiger partial charge in [0.1, 0.15) is 5.82 Å². The number of imidazole rings is 1. The number of carboxylic acid groups (broad SMARTS) is 1. The molecule has 1 saturated carbocycles. The quantitative estimate of drug-likeness (QED) is 0.890. The predicted octanol–water partition coefficient (Wildman–Crippen LogP) is 2.89. The summed E-state index contributed by atoms with van der Waals surface area (Å²) in [6.45, 7) is 8.15. The summed E-state index contributed by atoms with van der Waals surface area (Å²) < 4.78 is 2.39. The highest BCUT2D eigenvalue weighted by molar-refractivity contribution is 5.65. The van der Waals surface area contributed by atoms with Crippen molar-refractivity contribution in [3.05, 3.63) is 17.7 Å². The number of hydrogen-bond donors (Lipinski definition) is 1. The maximum Gasteiger partial charge on any atom is 0.407 e. The number of piperidine rings is 1. The minimum absolute atomic E-state index is 0.287. The number of hydrogen-bond acceptors (Lipinski definition) is 3. The lowest BCUT2D eigenvalue weighted by Crippen LogP contribution is -2.37. The second-order valence-corrected chi connectivity index (χ2v) is 8.33. The lowest BCUT2D eigenvalue weighted by molar-refractivity contribution is 0.131. The summed E-state index contributed by atoms with van der Waals surface area (Å²) in [7, 11) is 0. The molecule has 1 aromatic rings. The lowest BCUT2D eigenvalue weighted by atomic mass is 9.96. The molecule has 138 valence electrons. The molecule has 3 aliphatic rings. The van der Waals surface area contributed by atoms with Gasteiger partial charge in [-0.25, -0.2) is 9.78 Å². The molecule has 6 heteroatoms. The summed E-state index contributed by atoms with van der Waals surface area (Å²) in [6, 6.07) is 0. The van der Waals surface area contributed by atoms with Crippen LogP contribution in [0.3, 0.4) is 0 Å². The highest BCUT2D eigenvalue weighted by Gasteiger charge is 2.42. The molecule has 3 heterocycles. The van der Waals surface area contributed by atoms with Gasteiger partial charge in [0, 0.05) is 43.7 Å². The molecule has 1 amide bonds. The van der Waals surface area contributed by atoms with Crippen molar-refractivity contribution in [2.75, 3.05) is 32.7 Å². The van der Waals surface area contributed by atoms with Gasteiger partial charge in [0.05, 0.1) is 5.69 Å². The van der Waals surface area contributed by atoms with Crippen molar-refractivity contribution in [1.82, 2.24) is 19.4 Å². The summed E-state index contributed by atoms with van der Waals surface area (Å²) in [4.78, 5) is 20.3. The average molecular weight is 346 g/mol. The van der Waals surface area contributed by atoms with Gasteiger partial charge in [0.15, 0.2) is 0 Å². The van der Waals surface area contributed by atoms with Crippen molar-refractivity contribution >= 4 is 6.09 Å². The smallest absolute Gasteiger partial charge is 0.407 e. The number of nitrogens with zero attached hydrogens (tertiary/aromatic N) is 4. The van der Waals surface area contributed by atoms with Crippen LogP contribution < -0.4 is 0 Å². The van der Waals surface area contributed by atoms with Gasteiger partial charge in [-0.05, 0) is 51.6 Å². The molecule has 25 heavy (non-hydrogen) atoms. The summed E-state index contributed by atoms with van der Waals surface area (Å²) >= 11 is 0. The molecule has 0 bridgehead atoms. The van der Waals surface area contributed by atoms with E-state index < -0.39 is 6.09 Å². The van der Waals surface area contributed by atoms with Gasteiger partial charge in [-0.3, -0.25) is 0 Å². The molecule has 2 saturated heterocycles. The zero-order valence-corrected chi connectivity index (χ0v) is 15.3. The Morgan fingerprint density at radius 3 is 2.48 bits per heavy atom. The molecule has 4 rings (SSSR count). The Kier molecular flexibility index (Phi) is 4.48. The summed E-state index contributed by atoms with van der Waals surface area (Å²) in [5, 5.41) is 9.17. The van der Waals surface area contributed by atoms with E-state index in [0.717, 1.165) is 25.9 Å². The van der Waals surface area contributed by atoms with Crippen LogP contribution in [0.1, 0.15) is 62.9 Å². The van der Waals surface area contributed by atoms with Gasteiger partial charge in [-0.2, -0.15) is 0 Å². The van der Waals surface area contributed by atoms with Gasteiger partial charge in [-0.1, -0.05) is 6.92 Å². The minimum Gasteiger partial charge on any atom is -0.465 e. The Morgan fingerprint density at radius 2 is 1.88 bits per heavy atom. The van der Waals surface area contributed by atoms with Crippen molar-refractivity contribution in [1.29, 1.82) is 0 Å². The standard InChI is InChI=1S/C19H30N4O2/c1-19(6-7-19)16-14-23(13-12-21-8-2-3-9-21)17(20-16)15-4-10-22(11-5-15)18(24)25/h14-15H,2-13H2,1H3,(H,24,25). The van der Waals surface area contributed by atoms with Crippen LogP contribution in [0.5, 0.6) is 0 Å². The third-order valence-corrected chi connectivity index (χ3v) is 6.41. The summed E-state index contributed by atoms with van der Waals surface area (Å²) in [6.07, 6.45) is 8.43. The largest absolute Gasteiger partial charge is 0.465 e. The second-order valence-electron chi connectivity index (χ2n) is 8.33. The summed E-state index contributed by atoms with van der Waals surface area (Å²) in [5.41, 5.74) is 1.54. The SMILES string of the molecule is CC1(c2cn(CCN3CCCC3)c(C3CCN(C(=O)O)CC3)n2)CC1. The lowest BCUT2D eigenvalue weighted by Gasteiger charge is -2.30. The number of likely N-dealkylation sites (tertiary alicyclic amines) is 2. The monoisotopic (exact) mass is 346 g/mol. The van der Waals surface area contributed by atoms with E-state index in [0.29, 0.717) is 19.0 Å². The normalized spacial score (nSPS) is 24.0. The predicted molar refractivity (Wildman–Crippen MR) is 96.1 cm³/mol. The molecule has 0 spiro atoms. The van der Waals surface area contributed by atoms with Gasteiger partial charge >= 0.3 is 6.09 Å². The molecule has 0 radical (unpaired) electrons. The molecule has 6 nitrogen and oxygen atoms in total. The van der Waals surface area contributed by atoms with Crippen molar-refractivity contribution < 1.29 is 9.90 Å². The highest BCUT2D eigenvalue weighted by Crippen LogP contribution is 2.47. The first-order chi connectivity index (χ1) is 12.0. The molecule has 0 aromatic carbocycles. The Labute approximate surface area is 149 Å². The molecule has 1 N–H and O–H groups in total. The topological polar surface area (TPSA) is 61.6 Å². The van der Waals surface area contributed by atoms with Crippen LogP contribution in [0.25, 0.3) is 0 Å². The van der Waals surface area contributed by atoms with Crippen molar-refractivity contribution in [2.24, 2.45) is 0 Å². The van der Waals surface area contributed by atoms with Crippen LogP contribution >= 0.6 is 0 Å². The first-order valence-electron chi connectivity index (χ1n) is 9.83. The van der Waals surface area contributed by atoms with E-state index in [1.165, 1.54) is 55.2 Å². The Bertz CT molecular complexity index is 623. The van der Waals surface area contributed by atoms with E-state index in [9.17, 15) is 9.90 Å². The second kappa shape index (κ2) is 6.63. The van der Waals surface area contributed by atoms with Gasteiger partial charge in [0.25, 0.3) is 0 Å². The number of rotatable bonds is 5. The maximum atomic E-state index is 11.2. The van der Waals surface area contributed by atoms with E-state index >= 15 is 0 Å². The molecular formula is C19H30N4O2. The fourth-order valence-corrected chi connectivity index (χ4v) is 4.25. The Hall–Kier alpha value is -1.56. The number of carbonyl (C=O) groups is 1. The maximum absolute atomic E-state index is 11.2. The zero-order valence-electron chi connectivity index (χ0n) is 15.3. The van der Waals surface area contributed by atoms with Crippen molar-refractivity contribution in [3.8, 4) is 0 Å². The third kappa shape index (κ3) is 3.54. The molecule has 0 atom stereocenters. The number of amides is 1. The van der Waals surface area contributed by atoms with Gasteiger partial charge in [0.2, 0.25) is 0 Å². The first-order valence-corrected chi connectivity index (χ1v) is 9.83. The van der Waals surface area contributed by atoms with E-state index in [4.69, 9.17) is 4.98 Å². The van der Waals surface area contributed by atoms with Crippen LogP contribution in [0.2, 0.25) is 0 Å². The van der Waals surface area contributed by atoms with Crippen LogP contribution in [0.4, 0.5) is 4.79 Å². The van der Waals surface area contributed by atoms with E-state index in [1.54, 1.807) is 0 Å². The zero-order chi connectivity index (χ0) is 17.4. The molecule has 1 aliphatic carbocycles. The van der Waals surface area contributed by atoms with E-state index in [-0.39, 0.29) is 5.41 Å². The number of aromatic nitrogens is 2. The van der Waals surface area contributed by atoms with Crippen molar-refractivity contribution in [3.63, 3.8) is 0 Å². The fraction of sp³-hybridized carbons (Fsp3) is 0.789. The first kappa shape index (κ1) is 16.9. The highest BCUT2D eigenvalue weighted by atomic mass is 16.4. The van der Waals surface area contributed by atoms with Crippen LogP contribution in [-0.4, -0.2) is 63.3 Å². The Balaban J connectivity index is 1.48. The van der Waals surface area contributed by atoms with Crippen LogP contribution in [0.15, 0.2) is 6.20 Å². The van der Waals surface area contributed by atoms with E-state index in [2.05, 4.69) is 22.6 Å². The van der Waals surface area contributed by atoms with Gasteiger partial charge in [-0.15, -0.1) is 0 Å². The molecule has 2 aliphatic heterocycles. The van der Waals surface area contributed by atoms with Crippen LogP contribution in [-0.2, 0) is 12.0 Å². The summed E-state index contributed by atoms with van der Waals surface area (Å²) in [5.74, 6) is 1.60. The minimum atomic E-state index is -0.790. The molecule has 3 fully saturated rings. The Morgan fingerprint density at radius 1 is 1.20 bits per heavy atom. The molecule has 1 aromatic heterocycles.